The lowest BCUT2D eigenvalue weighted by Crippen LogP contribution is -2.16. The molecule has 0 spiro atoms. The average Bonchev–Trinajstić information content (AvgIpc) is 2.67. The lowest BCUT2D eigenvalue weighted by atomic mass is 10.0. The molecule has 1 atom stereocenters. The van der Waals surface area contributed by atoms with Crippen LogP contribution in [0.3, 0.4) is 0 Å². The van der Waals surface area contributed by atoms with Gasteiger partial charge in [-0.3, -0.25) is 9.48 Å². The molecule has 2 heterocycles. The van der Waals surface area contributed by atoms with Crippen molar-refractivity contribution in [2.45, 2.75) is 13.3 Å². The molecule has 82 valence electrons. The lowest BCUT2D eigenvalue weighted by Gasteiger charge is -2.07. The van der Waals surface area contributed by atoms with Gasteiger partial charge in [0.05, 0.1) is 22.2 Å². The number of hydrogen-bond donors (Lipinski definition) is 0. The van der Waals surface area contributed by atoms with Crippen LogP contribution >= 0.6 is 23.4 Å². The third kappa shape index (κ3) is 2.06. The Kier molecular flexibility index (Phi) is 3.07. The highest BCUT2D eigenvalue weighted by Gasteiger charge is 2.27. The Hall–Kier alpha value is -0.480. The van der Waals surface area contributed by atoms with Gasteiger partial charge in [-0.15, -0.1) is 0 Å². The van der Waals surface area contributed by atoms with Crippen LogP contribution in [-0.4, -0.2) is 27.1 Å². The summed E-state index contributed by atoms with van der Waals surface area (Å²) in [6.07, 6.45) is 0.724. The van der Waals surface area contributed by atoms with Gasteiger partial charge in [-0.05, 0) is 6.92 Å². The van der Waals surface area contributed by atoms with E-state index in [0.29, 0.717) is 16.6 Å². The number of hydrogen-bond acceptors (Lipinski definition) is 3. The summed E-state index contributed by atoms with van der Waals surface area (Å²) in [5, 5.41) is 4.95. The number of carbonyl (C=O) groups is 1. The van der Waals surface area contributed by atoms with E-state index in [2.05, 4.69) is 5.10 Å². The van der Waals surface area contributed by atoms with Gasteiger partial charge >= 0.3 is 0 Å². The third-order valence-electron chi connectivity index (χ3n) is 2.72. The Balaban J connectivity index is 2.20. The van der Waals surface area contributed by atoms with Crippen LogP contribution in [0.4, 0.5) is 0 Å². The van der Waals surface area contributed by atoms with Crippen LogP contribution in [0.5, 0.6) is 0 Å². The highest BCUT2D eigenvalue weighted by Crippen LogP contribution is 2.27. The molecule has 0 aromatic carbocycles. The molecule has 0 aliphatic carbocycles. The zero-order chi connectivity index (χ0) is 11.0. The number of Topliss-reactive ketones (excluding diaryl/α,β-unsaturated/α-hetero) is 1. The molecule has 1 unspecified atom stereocenters. The van der Waals surface area contributed by atoms with E-state index < -0.39 is 0 Å². The van der Waals surface area contributed by atoms with Crippen molar-refractivity contribution < 1.29 is 4.79 Å². The molecule has 1 saturated heterocycles. The fourth-order valence-corrected chi connectivity index (χ4v) is 3.20. The predicted octanol–water partition coefficient (Wildman–Crippen LogP) is 1.86. The first-order valence-corrected chi connectivity index (χ1v) is 6.41. The highest BCUT2D eigenvalue weighted by molar-refractivity contribution is 8.00. The van der Waals surface area contributed by atoms with Crippen molar-refractivity contribution in [2.24, 2.45) is 13.0 Å². The van der Waals surface area contributed by atoms with Gasteiger partial charge in [0.15, 0.2) is 0 Å². The molecule has 15 heavy (non-hydrogen) atoms. The minimum absolute atomic E-state index is 0.127. The zero-order valence-electron chi connectivity index (χ0n) is 8.79. The second-order valence-electron chi connectivity index (χ2n) is 3.85. The summed E-state index contributed by atoms with van der Waals surface area (Å²) < 4.78 is 1.79. The molecule has 0 radical (unpaired) electrons. The van der Waals surface area contributed by atoms with Crippen molar-refractivity contribution in [3.05, 3.63) is 16.4 Å². The normalized spacial score (nSPS) is 21.3. The number of halogens is 1. The summed E-state index contributed by atoms with van der Waals surface area (Å²) in [4.78, 5) is 11.5. The summed E-state index contributed by atoms with van der Waals surface area (Å²) in [7, 11) is 1.88. The Morgan fingerprint density at radius 3 is 2.87 bits per heavy atom. The summed E-state index contributed by atoms with van der Waals surface area (Å²) in [5.41, 5.74) is 1.82. The summed E-state index contributed by atoms with van der Waals surface area (Å²) in [6.45, 7) is 1.89. The number of rotatable bonds is 2. The van der Waals surface area contributed by atoms with E-state index >= 15 is 0 Å². The summed E-state index contributed by atoms with van der Waals surface area (Å²) >= 11 is 7.84. The lowest BCUT2D eigenvalue weighted by molar-refractivity contribution is -0.119. The first kappa shape index (κ1) is 11.0. The molecule has 2 rings (SSSR count). The molecular formula is C10H13ClN2OS. The first-order valence-electron chi connectivity index (χ1n) is 4.88. The van der Waals surface area contributed by atoms with Crippen LogP contribution in [0.25, 0.3) is 0 Å². The molecular weight excluding hydrogens is 232 g/mol. The van der Waals surface area contributed by atoms with Crippen LogP contribution in [0, 0.1) is 12.8 Å². The van der Waals surface area contributed by atoms with Crippen molar-refractivity contribution >= 4 is 29.1 Å². The van der Waals surface area contributed by atoms with Gasteiger partial charge in [-0.2, -0.15) is 16.9 Å². The van der Waals surface area contributed by atoms with Crippen molar-refractivity contribution in [2.75, 3.05) is 11.5 Å². The fourth-order valence-electron chi connectivity index (χ4n) is 1.82. The molecule has 0 bridgehead atoms. The van der Waals surface area contributed by atoms with Crippen LogP contribution in [0.1, 0.15) is 11.4 Å². The Morgan fingerprint density at radius 1 is 1.67 bits per heavy atom. The van der Waals surface area contributed by atoms with E-state index in [4.69, 9.17) is 11.6 Å². The van der Waals surface area contributed by atoms with Crippen molar-refractivity contribution in [3.8, 4) is 0 Å². The number of carbonyl (C=O) groups excluding carboxylic acids is 1. The molecule has 0 saturated carbocycles. The molecule has 1 aromatic heterocycles. The van der Waals surface area contributed by atoms with Crippen molar-refractivity contribution in [3.63, 3.8) is 0 Å². The van der Waals surface area contributed by atoms with E-state index in [-0.39, 0.29) is 5.92 Å². The van der Waals surface area contributed by atoms with Gasteiger partial charge in [-0.25, -0.2) is 0 Å². The minimum Gasteiger partial charge on any atom is -0.298 e. The van der Waals surface area contributed by atoms with E-state index in [9.17, 15) is 4.79 Å². The minimum atomic E-state index is 0.127. The third-order valence-corrected chi connectivity index (χ3v) is 4.34. The van der Waals surface area contributed by atoms with E-state index in [1.54, 1.807) is 16.4 Å². The van der Waals surface area contributed by atoms with E-state index in [1.807, 2.05) is 14.0 Å². The maximum Gasteiger partial charge on any atom is 0.147 e. The van der Waals surface area contributed by atoms with E-state index in [0.717, 1.165) is 23.6 Å². The smallest absolute Gasteiger partial charge is 0.147 e. The van der Waals surface area contributed by atoms with Gasteiger partial charge in [0.2, 0.25) is 0 Å². The zero-order valence-corrected chi connectivity index (χ0v) is 10.4. The van der Waals surface area contributed by atoms with E-state index in [1.165, 1.54) is 0 Å². The monoisotopic (exact) mass is 244 g/mol. The molecule has 1 aliphatic heterocycles. The summed E-state index contributed by atoms with van der Waals surface area (Å²) in [6, 6.07) is 0. The Bertz CT molecular complexity index is 402. The number of aromatic nitrogens is 2. The van der Waals surface area contributed by atoms with Crippen molar-refractivity contribution in [1.82, 2.24) is 9.78 Å². The molecule has 1 fully saturated rings. The SMILES string of the molecule is Cc1nn(C)c(CC2CSCC2=O)c1Cl. The van der Waals surface area contributed by atoms with Crippen LogP contribution < -0.4 is 0 Å². The fraction of sp³-hybridized carbons (Fsp3) is 0.600. The molecule has 0 N–H and O–H groups in total. The highest BCUT2D eigenvalue weighted by atomic mass is 35.5. The van der Waals surface area contributed by atoms with Gasteiger partial charge in [0, 0.05) is 25.1 Å². The Morgan fingerprint density at radius 2 is 2.40 bits per heavy atom. The second-order valence-corrected chi connectivity index (χ2v) is 5.26. The standard InChI is InChI=1S/C10H13ClN2OS/c1-6-10(11)8(13(2)12-6)3-7-4-15-5-9(7)14/h7H,3-5H2,1-2H3. The number of ketones is 1. The molecule has 1 aromatic rings. The Labute approximate surface area is 98.2 Å². The molecule has 0 amide bonds. The maximum absolute atomic E-state index is 11.5. The number of aryl methyl sites for hydroxylation is 2. The van der Waals surface area contributed by atoms with Gasteiger partial charge in [0.1, 0.15) is 5.78 Å². The largest absolute Gasteiger partial charge is 0.298 e. The van der Waals surface area contributed by atoms with Crippen molar-refractivity contribution in [1.29, 1.82) is 0 Å². The topological polar surface area (TPSA) is 34.9 Å². The molecule has 3 nitrogen and oxygen atoms in total. The predicted molar refractivity (Wildman–Crippen MR) is 62.5 cm³/mol. The van der Waals surface area contributed by atoms with Crippen LogP contribution in [0.15, 0.2) is 0 Å². The number of nitrogens with zero attached hydrogens (tertiary/aromatic N) is 2. The molecule has 5 heteroatoms. The van der Waals surface area contributed by atoms with Crippen LogP contribution in [0.2, 0.25) is 5.02 Å². The maximum atomic E-state index is 11.5. The quantitative estimate of drug-likeness (QED) is 0.797. The second kappa shape index (κ2) is 4.18. The summed E-state index contributed by atoms with van der Waals surface area (Å²) in [5.74, 6) is 2.04. The number of thioether (sulfide) groups is 1. The van der Waals surface area contributed by atoms with Gasteiger partial charge in [-0.1, -0.05) is 11.6 Å². The average molecular weight is 245 g/mol. The molecule has 1 aliphatic rings. The first-order chi connectivity index (χ1) is 7.09. The van der Waals surface area contributed by atoms with Gasteiger partial charge < -0.3 is 0 Å². The van der Waals surface area contributed by atoms with Gasteiger partial charge in [0.25, 0.3) is 0 Å². The van der Waals surface area contributed by atoms with Crippen LogP contribution in [-0.2, 0) is 18.3 Å².